The summed E-state index contributed by atoms with van der Waals surface area (Å²) in [6, 6.07) is 0. The minimum absolute atomic E-state index is 0.423. The Bertz CT molecular complexity index is 314. The maximum absolute atomic E-state index is 4.45. The van der Waals surface area contributed by atoms with Gasteiger partial charge in [-0.05, 0) is 32.1 Å². The van der Waals surface area contributed by atoms with Crippen LogP contribution in [0.15, 0.2) is 6.20 Å². The van der Waals surface area contributed by atoms with Crippen molar-refractivity contribution in [2.45, 2.75) is 60.4 Å². The van der Waals surface area contributed by atoms with Crippen molar-refractivity contribution < 1.29 is 0 Å². The first kappa shape index (κ1) is 12.3. The van der Waals surface area contributed by atoms with Gasteiger partial charge in [-0.3, -0.25) is 0 Å². The Balaban J connectivity index is 2.78. The van der Waals surface area contributed by atoms with Gasteiger partial charge in [0.2, 0.25) is 0 Å². The number of rotatable bonds is 5. The summed E-state index contributed by atoms with van der Waals surface area (Å²) in [5.41, 5.74) is 1.55. The molecule has 1 aromatic rings. The standard InChI is InChI=1S/C13H24N2/c1-6-8-13(5,7-2)10-15-9-11(3)14-12(15)4/h9H,6-8,10H2,1-5H3. The van der Waals surface area contributed by atoms with Gasteiger partial charge < -0.3 is 4.57 Å². The summed E-state index contributed by atoms with van der Waals surface area (Å²) in [7, 11) is 0. The van der Waals surface area contributed by atoms with Crippen LogP contribution in [0, 0.1) is 19.3 Å². The average molecular weight is 208 g/mol. The van der Waals surface area contributed by atoms with Crippen molar-refractivity contribution in [2.75, 3.05) is 0 Å². The zero-order valence-corrected chi connectivity index (χ0v) is 10.8. The normalized spacial score (nSPS) is 15.3. The zero-order valence-electron chi connectivity index (χ0n) is 10.8. The van der Waals surface area contributed by atoms with Crippen LogP contribution in [-0.2, 0) is 6.54 Å². The van der Waals surface area contributed by atoms with Crippen LogP contribution in [0.4, 0.5) is 0 Å². The average Bonchev–Trinajstić information content (AvgIpc) is 2.45. The van der Waals surface area contributed by atoms with Crippen LogP contribution in [0.5, 0.6) is 0 Å². The molecule has 15 heavy (non-hydrogen) atoms. The van der Waals surface area contributed by atoms with Gasteiger partial charge in [0.25, 0.3) is 0 Å². The van der Waals surface area contributed by atoms with Gasteiger partial charge in [0.1, 0.15) is 5.82 Å². The van der Waals surface area contributed by atoms with E-state index < -0.39 is 0 Å². The second-order valence-electron chi connectivity index (χ2n) is 4.97. The van der Waals surface area contributed by atoms with E-state index in [0.717, 1.165) is 18.1 Å². The van der Waals surface area contributed by atoms with E-state index in [-0.39, 0.29) is 0 Å². The first-order chi connectivity index (χ1) is 7.00. The molecule has 0 radical (unpaired) electrons. The maximum atomic E-state index is 4.45. The van der Waals surface area contributed by atoms with E-state index in [1.165, 1.54) is 19.3 Å². The monoisotopic (exact) mass is 208 g/mol. The molecule has 0 aliphatic carbocycles. The number of imidazole rings is 1. The summed E-state index contributed by atoms with van der Waals surface area (Å²) in [6.45, 7) is 12.2. The number of hydrogen-bond donors (Lipinski definition) is 0. The molecule has 0 fully saturated rings. The van der Waals surface area contributed by atoms with Crippen LogP contribution in [-0.4, -0.2) is 9.55 Å². The number of aryl methyl sites for hydroxylation is 2. The Kier molecular flexibility index (Phi) is 3.95. The summed E-state index contributed by atoms with van der Waals surface area (Å²) in [6.07, 6.45) is 5.95. The molecule has 0 aromatic carbocycles. The van der Waals surface area contributed by atoms with E-state index in [0.29, 0.717) is 5.41 Å². The topological polar surface area (TPSA) is 17.8 Å². The van der Waals surface area contributed by atoms with Crippen LogP contribution in [0.25, 0.3) is 0 Å². The lowest BCUT2D eigenvalue weighted by Gasteiger charge is -2.28. The third-order valence-electron chi connectivity index (χ3n) is 3.36. The minimum atomic E-state index is 0.423. The highest BCUT2D eigenvalue weighted by molar-refractivity contribution is 5.01. The summed E-state index contributed by atoms with van der Waals surface area (Å²) in [4.78, 5) is 4.45. The van der Waals surface area contributed by atoms with Gasteiger partial charge in [-0.25, -0.2) is 4.98 Å². The van der Waals surface area contributed by atoms with Crippen molar-refractivity contribution in [1.82, 2.24) is 9.55 Å². The second-order valence-corrected chi connectivity index (χ2v) is 4.97. The van der Waals surface area contributed by atoms with Crippen LogP contribution in [0.2, 0.25) is 0 Å². The predicted octanol–water partition coefficient (Wildman–Crippen LogP) is 3.72. The van der Waals surface area contributed by atoms with Gasteiger partial charge in [0, 0.05) is 12.7 Å². The molecule has 1 unspecified atom stereocenters. The Labute approximate surface area is 93.7 Å². The molecule has 0 aliphatic rings. The van der Waals surface area contributed by atoms with Crippen molar-refractivity contribution >= 4 is 0 Å². The molecule has 2 heteroatoms. The Morgan fingerprint density at radius 1 is 1.33 bits per heavy atom. The Morgan fingerprint density at radius 2 is 2.00 bits per heavy atom. The predicted molar refractivity (Wildman–Crippen MR) is 65.0 cm³/mol. The minimum Gasteiger partial charge on any atom is -0.334 e. The molecule has 0 saturated heterocycles. The lowest BCUT2D eigenvalue weighted by molar-refractivity contribution is 0.234. The molecule has 0 saturated carbocycles. The van der Waals surface area contributed by atoms with Gasteiger partial charge >= 0.3 is 0 Å². The molecule has 1 aromatic heterocycles. The third-order valence-corrected chi connectivity index (χ3v) is 3.36. The lowest BCUT2D eigenvalue weighted by Crippen LogP contribution is -2.22. The van der Waals surface area contributed by atoms with E-state index in [9.17, 15) is 0 Å². The van der Waals surface area contributed by atoms with Crippen LogP contribution in [0.3, 0.4) is 0 Å². The molecule has 2 nitrogen and oxygen atoms in total. The molecule has 0 spiro atoms. The number of nitrogens with zero attached hydrogens (tertiary/aromatic N) is 2. The van der Waals surface area contributed by atoms with Crippen molar-refractivity contribution in [3.63, 3.8) is 0 Å². The second kappa shape index (κ2) is 4.82. The molecule has 1 heterocycles. The van der Waals surface area contributed by atoms with Crippen molar-refractivity contribution in [3.05, 3.63) is 17.7 Å². The van der Waals surface area contributed by atoms with Crippen LogP contribution < -0.4 is 0 Å². The van der Waals surface area contributed by atoms with Gasteiger partial charge in [0.05, 0.1) is 5.69 Å². The molecular weight excluding hydrogens is 184 g/mol. The fraction of sp³-hybridized carbons (Fsp3) is 0.769. The van der Waals surface area contributed by atoms with Crippen molar-refractivity contribution in [1.29, 1.82) is 0 Å². The molecule has 86 valence electrons. The molecule has 1 rings (SSSR count). The van der Waals surface area contributed by atoms with E-state index >= 15 is 0 Å². The maximum Gasteiger partial charge on any atom is 0.105 e. The summed E-state index contributed by atoms with van der Waals surface area (Å²) < 4.78 is 2.30. The highest BCUT2D eigenvalue weighted by atomic mass is 15.1. The van der Waals surface area contributed by atoms with E-state index in [4.69, 9.17) is 0 Å². The SMILES string of the molecule is CCCC(C)(CC)Cn1cc(C)nc1C. The van der Waals surface area contributed by atoms with Gasteiger partial charge in [0.15, 0.2) is 0 Å². The summed E-state index contributed by atoms with van der Waals surface area (Å²) in [5, 5.41) is 0. The first-order valence-electron chi connectivity index (χ1n) is 6.01. The quantitative estimate of drug-likeness (QED) is 0.721. The fourth-order valence-corrected chi connectivity index (χ4v) is 2.21. The smallest absolute Gasteiger partial charge is 0.105 e. The molecule has 0 N–H and O–H groups in total. The molecule has 0 bridgehead atoms. The molecule has 0 aliphatic heterocycles. The van der Waals surface area contributed by atoms with Gasteiger partial charge in [-0.1, -0.05) is 27.2 Å². The fourth-order valence-electron chi connectivity index (χ4n) is 2.21. The molecular formula is C13H24N2. The van der Waals surface area contributed by atoms with E-state index in [1.807, 2.05) is 0 Å². The van der Waals surface area contributed by atoms with Crippen molar-refractivity contribution in [3.8, 4) is 0 Å². The molecule has 1 atom stereocenters. The zero-order chi connectivity index (χ0) is 11.5. The van der Waals surface area contributed by atoms with Crippen LogP contribution in [0.1, 0.15) is 51.6 Å². The Hall–Kier alpha value is -0.790. The van der Waals surface area contributed by atoms with Gasteiger partial charge in [-0.15, -0.1) is 0 Å². The van der Waals surface area contributed by atoms with Crippen LogP contribution >= 0.6 is 0 Å². The lowest BCUT2D eigenvalue weighted by atomic mass is 9.83. The van der Waals surface area contributed by atoms with E-state index in [1.54, 1.807) is 0 Å². The highest BCUT2D eigenvalue weighted by Gasteiger charge is 2.22. The van der Waals surface area contributed by atoms with Crippen molar-refractivity contribution in [2.24, 2.45) is 5.41 Å². The van der Waals surface area contributed by atoms with Gasteiger partial charge in [-0.2, -0.15) is 0 Å². The third kappa shape index (κ3) is 3.08. The largest absolute Gasteiger partial charge is 0.334 e. The first-order valence-corrected chi connectivity index (χ1v) is 6.01. The molecule has 0 amide bonds. The number of hydrogen-bond acceptors (Lipinski definition) is 1. The van der Waals surface area contributed by atoms with E-state index in [2.05, 4.69) is 50.4 Å². The Morgan fingerprint density at radius 3 is 2.40 bits per heavy atom. The summed E-state index contributed by atoms with van der Waals surface area (Å²) in [5.74, 6) is 1.14. The summed E-state index contributed by atoms with van der Waals surface area (Å²) >= 11 is 0. The number of aromatic nitrogens is 2. The highest BCUT2D eigenvalue weighted by Crippen LogP contribution is 2.29.